The van der Waals surface area contributed by atoms with Gasteiger partial charge in [-0.3, -0.25) is 4.79 Å². The Morgan fingerprint density at radius 2 is 2.05 bits per heavy atom. The molecule has 0 N–H and O–H groups in total. The van der Waals surface area contributed by atoms with E-state index in [9.17, 15) is 4.79 Å². The molecular formula is C17H14ClNO2. The lowest BCUT2D eigenvalue weighted by atomic mass is 10.1. The fourth-order valence-corrected chi connectivity index (χ4v) is 3.29. The van der Waals surface area contributed by atoms with E-state index >= 15 is 0 Å². The van der Waals surface area contributed by atoms with Crippen LogP contribution in [0.1, 0.15) is 11.1 Å². The fraction of sp³-hybridized carbons (Fsp3) is 0.235. The smallest absolute Gasteiger partial charge is 0.268 e. The normalized spacial score (nSPS) is 19.1. The third-order valence-electron chi connectivity index (χ3n) is 4.13. The Morgan fingerprint density at radius 1 is 1.19 bits per heavy atom. The molecule has 21 heavy (non-hydrogen) atoms. The largest absolute Gasteiger partial charge is 0.480 e. The van der Waals surface area contributed by atoms with Gasteiger partial charge in [-0.2, -0.15) is 0 Å². The molecule has 0 radical (unpaired) electrons. The zero-order chi connectivity index (χ0) is 14.4. The minimum atomic E-state index is -0.440. The van der Waals surface area contributed by atoms with Gasteiger partial charge in [-0.25, -0.2) is 0 Å². The molecule has 0 spiro atoms. The third-order valence-corrected chi connectivity index (χ3v) is 4.36. The van der Waals surface area contributed by atoms with E-state index in [0.717, 1.165) is 30.0 Å². The first-order chi connectivity index (χ1) is 10.2. The number of carbonyl (C=O) groups excluding carboxylic acids is 1. The summed E-state index contributed by atoms with van der Waals surface area (Å²) in [6.45, 7) is 0.731. The number of amides is 1. The van der Waals surface area contributed by atoms with Crippen LogP contribution in [0, 0.1) is 0 Å². The maximum Gasteiger partial charge on any atom is 0.268 e. The Balaban J connectivity index is 1.58. The lowest BCUT2D eigenvalue weighted by Gasteiger charge is -2.21. The number of carbonyl (C=O) groups is 1. The number of hydrogen-bond acceptors (Lipinski definition) is 2. The molecule has 0 aromatic heterocycles. The van der Waals surface area contributed by atoms with Crippen molar-refractivity contribution in [3.05, 3.63) is 58.6 Å². The average molecular weight is 300 g/mol. The summed E-state index contributed by atoms with van der Waals surface area (Å²) in [5, 5.41) is 0.678. The molecule has 2 aliphatic rings. The van der Waals surface area contributed by atoms with Gasteiger partial charge in [0.2, 0.25) is 0 Å². The van der Waals surface area contributed by atoms with Gasteiger partial charge in [0.25, 0.3) is 5.91 Å². The van der Waals surface area contributed by atoms with Gasteiger partial charge in [0.05, 0.1) is 0 Å². The molecule has 0 saturated carbocycles. The van der Waals surface area contributed by atoms with Crippen molar-refractivity contribution in [3.63, 3.8) is 0 Å². The Kier molecular flexibility index (Phi) is 2.89. The molecule has 0 aliphatic carbocycles. The highest BCUT2D eigenvalue weighted by atomic mass is 35.5. The molecule has 4 rings (SSSR count). The molecule has 1 unspecified atom stereocenters. The Morgan fingerprint density at radius 3 is 2.95 bits per heavy atom. The van der Waals surface area contributed by atoms with Crippen molar-refractivity contribution < 1.29 is 9.53 Å². The second-order valence-corrected chi connectivity index (χ2v) is 5.87. The lowest BCUT2D eigenvalue weighted by molar-refractivity contribution is -0.124. The van der Waals surface area contributed by atoms with Crippen molar-refractivity contribution in [3.8, 4) is 5.75 Å². The summed E-state index contributed by atoms with van der Waals surface area (Å²) >= 11 is 5.99. The summed E-state index contributed by atoms with van der Waals surface area (Å²) in [5.74, 6) is 0.803. The molecule has 106 valence electrons. The van der Waals surface area contributed by atoms with Crippen molar-refractivity contribution in [1.29, 1.82) is 0 Å². The monoisotopic (exact) mass is 299 g/mol. The van der Waals surface area contributed by atoms with Crippen LogP contribution < -0.4 is 9.64 Å². The maximum atomic E-state index is 12.7. The summed E-state index contributed by atoms with van der Waals surface area (Å²) in [6, 6.07) is 13.6. The molecule has 2 aliphatic heterocycles. The van der Waals surface area contributed by atoms with Crippen LogP contribution in [0.2, 0.25) is 5.02 Å². The lowest BCUT2D eigenvalue weighted by Crippen LogP contribution is -2.40. The summed E-state index contributed by atoms with van der Waals surface area (Å²) in [6.07, 6.45) is 1.06. The van der Waals surface area contributed by atoms with E-state index in [-0.39, 0.29) is 5.91 Å². The number of benzene rings is 2. The summed E-state index contributed by atoms with van der Waals surface area (Å²) in [7, 11) is 0. The number of nitrogens with zero attached hydrogens (tertiary/aromatic N) is 1. The third kappa shape index (κ3) is 2.09. The quantitative estimate of drug-likeness (QED) is 0.809. The highest BCUT2D eigenvalue weighted by molar-refractivity contribution is 6.30. The molecule has 0 saturated heterocycles. The Labute approximate surface area is 128 Å². The minimum absolute atomic E-state index is 0.0345. The molecule has 2 aromatic carbocycles. The molecule has 4 heteroatoms. The number of hydrogen-bond donors (Lipinski definition) is 0. The molecule has 0 bridgehead atoms. The van der Waals surface area contributed by atoms with Crippen molar-refractivity contribution in [2.24, 2.45) is 0 Å². The van der Waals surface area contributed by atoms with E-state index in [1.807, 2.05) is 35.2 Å². The van der Waals surface area contributed by atoms with Crippen LogP contribution in [0.3, 0.4) is 0 Å². The van der Waals surface area contributed by atoms with Crippen molar-refractivity contribution in [1.82, 2.24) is 0 Å². The first-order valence-corrected chi connectivity index (χ1v) is 7.44. The highest BCUT2D eigenvalue weighted by Gasteiger charge is 2.35. The predicted octanol–water partition coefficient (Wildman–Crippen LogP) is 3.23. The first kappa shape index (κ1) is 12.7. The molecular weight excluding hydrogens is 286 g/mol. The van der Waals surface area contributed by atoms with Crippen LogP contribution in [-0.2, 0) is 17.6 Å². The second-order valence-electron chi connectivity index (χ2n) is 5.43. The van der Waals surface area contributed by atoms with E-state index < -0.39 is 6.10 Å². The van der Waals surface area contributed by atoms with Crippen LogP contribution in [-0.4, -0.2) is 18.6 Å². The zero-order valence-electron chi connectivity index (χ0n) is 11.4. The van der Waals surface area contributed by atoms with Crippen molar-refractivity contribution in [2.75, 3.05) is 11.4 Å². The van der Waals surface area contributed by atoms with Crippen LogP contribution >= 0.6 is 11.6 Å². The summed E-state index contributed by atoms with van der Waals surface area (Å²) < 4.78 is 5.80. The number of ether oxygens (including phenoxy) is 1. The Hall–Kier alpha value is -2.00. The Bertz CT molecular complexity index is 728. The predicted molar refractivity (Wildman–Crippen MR) is 82.1 cm³/mol. The van der Waals surface area contributed by atoms with Gasteiger partial charge in [-0.1, -0.05) is 29.8 Å². The number of anilines is 1. The van der Waals surface area contributed by atoms with E-state index in [1.54, 1.807) is 6.07 Å². The number of para-hydroxylation sites is 1. The van der Waals surface area contributed by atoms with Crippen LogP contribution in [0.5, 0.6) is 5.75 Å². The van der Waals surface area contributed by atoms with Crippen molar-refractivity contribution >= 4 is 23.2 Å². The second kappa shape index (κ2) is 4.78. The van der Waals surface area contributed by atoms with Gasteiger partial charge in [0.1, 0.15) is 5.75 Å². The van der Waals surface area contributed by atoms with Crippen LogP contribution in [0.15, 0.2) is 42.5 Å². The number of halogens is 1. The molecule has 0 fully saturated rings. The number of rotatable bonds is 1. The molecule has 2 aromatic rings. The van der Waals surface area contributed by atoms with Gasteiger partial charge in [0.15, 0.2) is 6.10 Å². The molecule has 2 heterocycles. The molecule has 1 amide bonds. The average Bonchev–Trinajstić information content (AvgIpc) is 3.09. The zero-order valence-corrected chi connectivity index (χ0v) is 12.1. The number of fused-ring (bicyclic) bond motifs is 2. The summed E-state index contributed by atoms with van der Waals surface area (Å²) in [4.78, 5) is 14.6. The minimum Gasteiger partial charge on any atom is -0.480 e. The standard InChI is InChI=1S/C17H14ClNO2/c18-13-5-6-15-12(9-13)10-16(21-15)17(20)19-8-7-11-3-1-2-4-14(11)19/h1-6,9,16H,7-8,10H2. The van der Waals surface area contributed by atoms with Gasteiger partial charge in [-0.05, 0) is 41.8 Å². The van der Waals surface area contributed by atoms with Gasteiger partial charge in [-0.15, -0.1) is 0 Å². The first-order valence-electron chi connectivity index (χ1n) is 7.07. The van der Waals surface area contributed by atoms with Crippen molar-refractivity contribution in [2.45, 2.75) is 18.9 Å². The van der Waals surface area contributed by atoms with Crippen LogP contribution in [0.4, 0.5) is 5.69 Å². The topological polar surface area (TPSA) is 29.5 Å². The van der Waals surface area contributed by atoms with Gasteiger partial charge >= 0.3 is 0 Å². The summed E-state index contributed by atoms with van der Waals surface area (Å²) in [5.41, 5.74) is 3.25. The van der Waals surface area contributed by atoms with Crippen LogP contribution in [0.25, 0.3) is 0 Å². The maximum absolute atomic E-state index is 12.7. The SMILES string of the molecule is O=C(C1Cc2cc(Cl)ccc2O1)N1CCc2ccccc21. The molecule has 3 nitrogen and oxygen atoms in total. The fourth-order valence-electron chi connectivity index (χ4n) is 3.10. The van der Waals surface area contributed by atoms with Gasteiger partial charge < -0.3 is 9.64 Å². The van der Waals surface area contributed by atoms with E-state index in [0.29, 0.717) is 11.4 Å². The van der Waals surface area contributed by atoms with Gasteiger partial charge in [0, 0.05) is 23.7 Å². The van der Waals surface area contributed by atoms with E-state index in [2.05, 4.69) is 6.07 Å². The van der Waals surface area contributed by atoms with E-state index in [4.69, 9.17) is 16.3 Å². The van der Waals surface area contributed by atoms with E-state index in [1.165, 1.54) is 5.56 Å². The molecule has 1 atom stereocenters. The highest BCUT2D eigenvalue weighted by Crippen LogP contribution is 2.34.